The van der Waals surface area contributed by atoms with Crippen LogP contribution >= 0.6 is 22.7 Å². The van der Waals surface area contributed by atoms with Crippen LogP contribution in [0.5, 0.6) is 0 Å². The number of aromatic carboxylic acids is 1. The molecule has 21 heavy (non-hydrogen) atoms. The Bertz CT molecular complexity index is 894. The van der Waals surface area contributed by atoms with Crippen LogP contribution in [-0.2, 0) is 10.0 Å². The molecule has 0 saturated carbocycles. The van der Waals surface area contributed by atoms with Crippen molar-refractivity contribution in [3.8, 4) is 0 Å². The van der Waals surface area contributed by atoms with Crippen molar-refractivity contribution < 1.29 is 18.3 Å². The lowest BCUT2D eigenvalue weighted by Crippen LogP contribution is -2.11. The predicted octanol–water partition coefficient (Wildman–Crippen LogP) is 2.86. The summed E-state index contributed by atoms with van der Waals surface area (Å²) >= 11 is 2.08. The summed E-state index contributed by atoms with van der Waals surface area (Å²) in [6.45, 7) is 0. The number of carbonyl (C=O) groups is 1. The molecule has 0 aliphatic rings. The number of benzene rings is 1. The molecule has 3 rings (SSSR count). The number of para-hydroxylation sites is 1. The average Bonchev–Trinajstić information content (AvgIpc) is 3.04. The van der Waals surface area contributed by atoms with E-state index in [0.717, 1.165) is 22.1 Å². The first-order valence-electron chi connectivity index (χ1n) is 5.66. The van der Waals surface area contributed by atoms with Gasteiger partial charge in [-0.25, -0.2) is 18.2 Å². The van der Waals surface area contributed by atoms with Crippen molar-refractivity contribution in [3.63, 3.8) is 0 Å². The molecule has 3 aromatic rings. The van der Waals surface area contributed by atoms with Crippen molar-refractivity contribution in [3.05, 3.63) is 40.6 Å². The number of fused-ring (bicyclic) bond motifs is 1. The van der Waals surface area contributed by atoms with Crippen molar-refractivity contribution in [1.29, 1.82) is 0 Å². The van der Waals surface area contributed by atoms with Crippen molar-refractivity contribution >= 4 is 54.0 Å². The first kappa shape index (κ1) is 14.0. The molecule has 0 aliphatic heterocycles. The van der Waals surface area contributed by atoms with Crippen LogP contribution < -0.4 is 4.72 Å². The van der Waals surface area contributed by atoms with Gasteiger partial charge in [0.05, 0.1) is 15.1 Å². The molecule has 0 spiro atoms. The van der Waals surface area contributed by atoms with Gasteiger partial charge in [0.25, 0.3) is 10.0 Å². The molecular weight excluding hydrogens is 332 g/mol. The average molecular weight is 340 g/mol. The van der Waals surface area contributed by atoms with E-state index in [1.807, 2.05) is 18.2 Å². The maximum atomic E-state index is 12.2. The molecule has 0 saturated heterocycles. The molecular formula is C12H8N2O4S3. The Morgan fingerprint density at radius 2 is 2.05 bits per heavy atom. The number of nitrogens with zero attached hydrogens (tertiary/aromatic N) is 1. The fourth-order valence-corrected chi connectivity index (χ4v) is 4.87. The second-order valence-corrected chi connectivity index (χ2v) is 7.67. The normalized spacial score (nSPS) is 11.6. The van der Waals surface area contributed by atoms with Crippen LogP contribution in [0.25, 0.3) is 10.2 Å². The Balaban J connectivity index is 1.93. The first-order valence-corrected chi connectivity index (χ1v) is 8.84. The van der Waals surface area contributed by atoms with Gasteiger partial charge in [0.15, 0.2) is 5.13 Å². The second kappa shape index (κ2) is 5.10. The largest absolute Gasteiger partial charge is 0.477 e. The zero-order valence-corrected chi connectivity index (χ0v) is 12.8. The molecule has 0 aliphatic carbocycles. The van der Waals surface area contributed by atoms with Gasteiger partial charge in [0.2, 0.25) is 0 Å². The molecule has 1 aromatic carbocycles. The summed E-state index contributed by atoms with van der Waals surface area (Å²) in [5, 5.41) is 10.4. The van der Waals surface area contributed by atoms with Gasteiger partial charge in [-0.2, -0.15) is 0 Å². The highest BCUT2D eigenvalue weighted by molar-refractivity contribution is 7.93. The number of sulfonamides is 1. The number of anilines is 1. The SMILES string of the molecule is O=C(O)c1cc(S(=O)(=O)Nc2nc3ccccc3s2)cs1. The third-order valence-corrected chi connectivity index (χ3v) is 6.08. The zero-order valence-electron chi connectivity index (χ0n) is 10.3. The number of hydrogen-bond acceptors (Lipinski definition) is 6. The number of thiophene rings is 1. The standard InChI is InChI=1S/C12H8N2O4S3/c15-11(16)10-5-7(6-19-10)21(17,18)14-12-13-8-3-1-2-4-9(8)20-12/h1-6H,(H,13,14)(H,15,16). The van der Waals surface area contributed by atoms with Crippen molar-refractivity contribution in [1.82, 2.24) is 4.98 Å². The molecule has 0 amide bonds. The molecule has 108 valence electrons. The van der Waals surface area contributed by atoms with E-state index in [0.29, 0.717) is 5.52 Å². The lowest BCUT2D eigenvalue weighted by molar-refractivity contribution is 0.0702. The van der Waals surface area contributed by atoms with E-state index < -0.39 is 16.0 Å². The topological polar surface area (TPSA) is 96.4 Å². The van der Waals surface area contributed by atoms with Crippen LogP contribution in [0.4, 0.5) is 5.13 Å². The Labute approximate surface area is 127 Å². The third-order valence-electron chi connectivity index (χ3n) is 2.61. The molecule has 6 nitrogen and oxygen atoms in total. The van der Waals surface area contributed by atoms with E-state index in [-0.39, 0.29) is 14.9 Å². The maximum Gasteiger partial charge on any atom is 0.345 e. The van der Waals surface area contributed by atoms with E-state index in [1.54, 1.807) is 6.07 Å². The zero-order chi connectivity index (χ0) is 15.0. The molecule has 0 fully saturated rings. The summed E-state index contributed by atoms with van der Waals surface area (Å²) < 4.78 is 27.6. The van der Waals surface area contributed by atoms with Gasteiger partial charge in [0, 0.05) is 5.38 Å². The number of carboxylic acid groups (broad SMARTS) is 1. The fraction of sp³-hybridized carbons (Fsp3) is 0. The quantitative estimate of drug-likeness (QED) is 0.761. The van der Waals surface area contributed by atoms with E-state index >= 15 is 0 Å². The van der Waals surface area contributed by atoms with Crippen molar-refractivity contribution in [2.24, 2.45) is 0 Å². The van der Waals surface area contributed by atoms with Gasteiger partial charge < -0.3 is 5.11 Å². The molecule has 0 bridgehead atoms. The van der Waals surface area contributed by atoms with E-state index in [2.05, 4.69) is 9.71 Å². The number of hydrogen-bond donors (Lipinski definition) is 2. The minimum atomic E-state index is -3.83. The fourth-order valence-electron chi connectivity index (χ4n) is 1.66. The molecule has 0 radical (unpaired) electrons. The first-order chi connectivity index (χ1) is 9.95. The summed E-state index contributed by atoms with van der Waals surface area (Å²) in [5.41, 5.74) is 0.705. The highest BCUT2D eigenvalue weighted by Gasteiger charge is 2.20. The van der Waals surface area contributed by atoms with Crippen LogP contribution in [0.2, 0.25) is 0 Å². The number of carboxylic acids is 1. The number of aromatic nitrogens is 1. The van der Waals surface area contributed by atoms with E-state index in [1.165, 1.54) is 16.7 Å². The van der Waals surface area contributed by atoms with Crippen LogP contribution in [0.1, 0.15) is 9.67 Å². The van der Waals surface area contributed by atoms with Gasteiger partial charge in [-0.15, -0.1) is 11.3 Å². The molecule has 0 atom stereocenters. The summed E-state index contributed by atoms with van der Waals surface area (Å²) in [6.07, 6.45) is 0. The van der Waals surface area contributed by atoms with Gasteiger partial charge >= 0.3 is 5.97 Å². The van der Waals surface area contributed by atoms with Crippen molar-refractivity contribution in [2.45, 2.75) is 4.90 Å². The minimum Gasteiger partial charge on any atom is -0.477 e. The van der Waals surface area contributed by atoms with E-state index in [9.17, 15) is 13.2 Å². The molecule has 2 heterocycles. The van der Waals surface area contributed by atoms with Gasteiger partial charge in [0.1, 0.15) is 4.88 Å². The summed E-state index contributed by atoms with van der Waals surface area (Å²) in [6, 6.07) is 8.42. The minimum absolute atomic E-state index is 0.0281. The monoisotopic (exact) mass is 340 g/mol. The Kier molecular flexibility index (Phi) is 3.40. The number of rotatable bonds is 4. The lowest BCUT2D eigenvalue weighted by atomic mass is 10.3. The Morgan fingerprint density at radius 3 is 2.71 bits per heavy atom. The highest BCUT2D eigenvalue weighted by Crippen LogP contribution is 2.28. The summed E-state index contributed by atoms with van der Waals surface area (Å²) in [5.74, 6) is -1.15. The Morgan fingerprint density at radius 1 is 1.29 bits per heavy atom. The van der Waals surface area contributed by atoms with Gasteiger partial charge in [-0.1, -0.05) is 23.5 Å². The second-order valence-electron chi connectivity index (χ2n) is 4.04. The van der Waals surface area contributed by atoms with Crippen molar-refractivity contribution in [2.75, 3.05) is 4.72 Å². The smallest absolute Gasteiger partial charge is 0.345 e. The predicted molar refractivity (Wildman–Crippen MR) is 81.7 cm³/mol. The number of nitrogens with one attached hydrogen (secondary N) is 1. The van der Waals surface area contributed by atoms with Crippen LogP contribution in [-0.4, -0.2) is 24.5 Å². The highest BCUT2D eigenvalue weighted by atomic mass is 32.2. The third kappa shape index (κ3) is 2.75. The van der Waals surface area contributed by atoms with Gasteiger partial charge in [-0.05, 0) is 18.2 Å². The summed E-state index contributed by atoms with van der Waals surface area (Å²) in [7, 11) is -3.83. The summed E-state index contributed by atoms with van der Waals surface area (Å²) in [4.78, 5) is 14.9. The molecule has 2 aromatic heterocycles. The molecule has 9 heteroatoms. The van der Waals surface area contributed by atoms with Crippen LogP contribution in [0.15, 0.2) is 40.6 Å². The lowest BCUT2D eigenvalue weighted by Gasteiger charge is -2.01. The van der Waals surface area contributed by atoms with E-state index in [4.69, 9.17) is 5.11 Å². The number of thiazole rings is 1. The molecule has 2 N–H and O–H groups in total. The maximum absolute atomic E-state index is 12.2. The Hall–Kier alpha value is -1.97. The molecule has 0 unspecified atom stereocenters. The van der Waals surface area contributed by atoms with Crippen LogP contribution in [0.3, 0.4) is 0 Å². The van der Waals surface area contributed by atoms with Gasteiger partial charge in [-0.3, -0.25) is 4.72 Å². The van der Waals surface area contributed by atoms with Crippen LogP contribution in [0, 0.1) is 0 Å².